The number of unbranched alkanes of at least 4 members (excludes halogenated alkanes) is 18. The van der Waals surface area contributed by atoms with Crippen LogP contribution in [0.1, 0.15) is 171 Å². The number of ether oxygens (including phenoxy) is 3. The van der Waals surface area contributed by atoms with E-state index in [9.17, 15) is 4.79 Å². The van der Waals surface area contributed by atoms with Gasteiger partial charge in [0.2, 0.25) is 0 Å². The first-order valence-corrected chi connectivity index (χ1v) is 19.9. The fourth-order valence-electron chi connectivity index (χ4n) is 6.24. The average molecular weight is 671 g/mol. The molecule has 0 aliphatic heterocycles. The summed E-state index contributed by atoms with van der Waals surface area (Å²) in [5.41, 5.74) is 3.74. The molecule has 0 radical (unpaired) electrons. The van der Waals surface area contributed by atoms with Crippen molar-refractivity contribution in [1.29, 1.82) is 0 Å². The van der Waals surface area contributed by atoms with Gasteiger partial charge in [0.15, 0.2) is 0 Å². The summed E-state index contributed by atoms with van der Waals surface area (Å²) in [4.78, 5) is 12.8. The lowest BCUT2D eigenvalue weighted by atomic mass is 10.0. The molecule has 0 amide bonds. The van der Waals surface area contributed by atoms with Crippen LogP contribution in [0.25, 0.3) is 11.1 Å². The number of carbonyl (C=O) groups is 1. The summed E-state index contributed by atoms with van der Waals surface area (Å²) in [5.74, 6) is 1.06. The van der Waals surface area contributed by atoms with Crippen molar-refractivity contribution in [2.45, 2.75) is 155 Å². The van der Waals surface area contributed by atoms with Gasteiger partial charge >= 0.3 is 5.97 Å². The van der Waals surface area contributed by atoms with Crippen LogP contribution in [0.5, 0.6) is 11.5 Å². The monoisotopic (exact) mass is 670 g/mol. The molecule has 0 N–H and O–H groups in total. The molecule has 0 spiro atoms. The molecule has 0 saturated heterocycles. The smallest absolute Gasteiger partial charge is 0.343 e. The summed E-state index contributed by atoms with van der Waals surface area (Å²) in [7, 11) is 0. The van der Waals surface area contributed by atoms with E-state index in [4.69, 9.17) is 14.2 Å². The van der Waals surface area contributed by atoms with Crippen LogP contribution in [-0.2, 0) is 4.74 Å². The third-order valence-electron chi connectivity index (χ3n) is 9.50. The molecule has 0 fully saturated rings. The van der Waals surface area contributed by atoms with Crippen LogP contribution >= 0.6 is 0 Å². The lowest BCUT2D eigenvalue weighted by molar-refractivity contribution is 0.0627. The van der Waals surface area contributed by atoms with Gasteiger partial charge in [0, 0.05) is 6.61 Å². The van der Waals surface area contributed by atoms with E-state index < -0.39 is 0 Å². The van der Waals surface area contributed by atoms with Crippen molar-refractivity contribution >= 4 is 5.97 Å². The number of esters is 1. The first-order chi connectivity index (χ1) is 24.1. The highest BCUT2D eigenvalue weighted by Gasteiger charge is 2.11. The second kappa shape index (κ2) is 25.8. The molecule has 0 heterocycles. The maximum absolute atomic E-state index is 12.8. The van der Waals surface area contributed by atoms with Crippen LogP contribution in [-0.4, -0.2) is 19.2 Å². The van der Waals surface area contributed by atoms with Crippen molar-refractivity contribution in [3.63, 3.8) is 0 Å². The number of carbonyl (C=O) groups excluding carboxylic acids is 1. The number of benzene rings is 3. The van der Waals surface area contributed by atoms with E-state index in [1.54, 1.807) is 0 Å². The van der Waals surface area contributed by atoms with Gasteiger partial charge in [-0.15, -0.1) is 0 Å². The van der Waals surface area contributed by atoms with Gasteiger partial charge in [0.25, 0.3) is 0 Å². The highest BCUT2D eigenvalue weighted by molar-refractivity contribution is 5.91. The predicted octanol–water partition coefficient (Wildman–Crippen LogP) is 13.9. The molecule has 0 saturated carbocycles. The van der Waals surface area contributed by atoms with E-state index in [1.165, 1.54) is 116 Å². The summed E-state index contributed by atoms with van der Waals surface area (Å²) in [6.45, 7) is 8.13. The first kappa shape index (κ1) is 40.3. The zero-order valence-electron chi connectivity index (χ0n) is 31.2. The van der Waals surface area contributed by atoms with Gasteiger partial charge in [-0.1, -0.05) is 166 Å². The van der Waals surface area contributed by atoms with Crippen molar-refractivity contribution in [3.8, 4) is 22.6 Å². The van der Waals surface area contributed by atoms with Crippen molar-refractivity contribution in [1.82, 2.24) is 0 Å². The fourth-order valence-corrected chi connectivity index (χ4v) is 6.24. The Hall–Kier alpha value is -3.11. The molecular weight excluding hydrogens is 604 g/mol. The van der Waals surface area contributed by atoms with Crippen LogP contribution in [0.15, 0.2) is 72.8 Å². The largest absolute Gasteiger partial charge is 0.494 e. The van der Waals surface area contributed by atoms with Gasteiger partial charge in [0.05, 0.1) is 18.3 Å². The number of rotatable bonds is 28. The van der Waals surface area contributed by atoms with Crippen molar-refractivity contribution < 1.29 is 19.0 Å². The van der Waals surface area contributed by atoms with Crippen molar-refractivity contribution in [2.24, 2.45) is 0 Å². The van der Waals surface area contributed by atoms with Crippen LogP contribution in [0.2, 0.25) is 0 Å². The van der Waals surface area contributed by atoms with Gasteiger partial charge in [-0.3, -0.25) is 0 Å². The highest BCUT2D eigenvalue weighted by atomic mass is 16.5. The van der Waals surface area contributed by atoms with Crippen LogP contribution in [0, 0.1) is 0 Å². The van der Waals surface area contributed by atoms with E-state index in [2.05, 4.69) is 32.9 Å². The highest BCUT2D eigenvalue weighted by Crippen LogP contribution is 2.25. The Morgan fingerprint density at radius 1 is 0.490 bits per heavy atom. The second-order valence-electron chi connectivity index (χ2n) is 13.8. The molecule has 3 aromatic rings. The molecule has 270 valence electrons. The molecule has 4 heteroatoms. The molecule has 0 aliphatic rings. The fraction of sp³-hybridized carbons (Fsp3) is 0.578. The molecule has 3 aromatic carbocycles. The number of hydrogen-bond acceptors (Lipinski definition) is 4. The van der Waals surface area contributed by atoms with Crippen LogP contribution in [0.3, 0.4) is 0 Å². The standard InChI is InChI=1S/C45H66O4/c1-4-6-8-10-11-12-13-14-15-16-17-18-19-20-21-23-36-47-38(3)39-28-34-44(35-29-39)49-45(46)42-26-24-40(25-27-42)41-30-32-43(33-31-41)48-37-22-9-7-5-2/h24-35,38H,4-23,36-37H2,1-3H3. The van der Waals surface area contributed by atoms with E-state index in [1.807, 2.05) is 60.7 Å². The lowest BCUT2D eigenvalue weighted by Gasteiger charge is -2.14. The van der Waals surface area contributed by atoms with Gasteiger partial charge < -0.3 is 14.2 Å². The minimum atomic E-state index is -0.362. The summed E-state index contributed by atoms with van der Waals surface area (Å²) in [6, 6.07) is 23.4. The molecule has 3 rings (SSSR count). The van der Waals surface area contributed by atoms with Gasteiger partial charge in [-0.05, 0) is 72.9 Å². The zero-order valence-corrected chi connectivity index (χ0v) is 31.2. The van der Waals surface area contributed by atoms with Crippen molar-refractivity contribution in [3.05, 3.63) is 83.9 Å². The molecule has 1 atom stereocenters. The molecule has 0 bridgehead atoms. The molecule has 4 nitrogen and oxygen atoms in total. The van der Waals surface area contributed by atoms with E-state index in [-0.39, 0.29) is 12.1 Å². The van der Waals surface area contributed by atoms with E-state index >= 15 is 0 Å². The summed E-state index contributed by atoms with van der Waals surface area (Å²) in [6.07, 6.45) is 26.8. The predicted molar refractivity (Wildman–Crippen MR) is 207 cm³/mol. The van der Waals surface area contributed by atoms with Gasteiger partial charge in [-0.2, -0.15) is 0 Å². The Kier molecular flexibility index (Phi) is 21.2. The van der Waals surface area contributed by atoms with Crippen LogP contribution in [0.4, 0.5) is 0 Å². The third-order valence-corrected chi connectivity index (χ3v) is 9.50. The van der Waals surface area contributed by atoms with Gasteiger partial charge in [-0.25, -0.2) is 4.79 Å². The van der Waals surface area contributed by atoms with Gasteiger partial charge in [0.1, 0.15) is 11.5 Å². The maximum Gasteiger partial charge on any atom is 0.343 e. The average Bonchev–Trinajstić information content (AvgIpc) is 3.13. The Labute approximate surface area is 299 Å². The summed E-state index contributed by atoms with van der Waals surface area (Å²) >= 11 is 0. The minimum absolute atomic E-state index is 0.0139. The molecule has 1 unspecified atom stereocenters. The molecule has 0 aromatic heterocycles. The first-order valence-electron chi connectivity index (χ1n) is 19.9. The quantitative estimate of drug-likeness (QED) is 0.0438. The van der Waals surface area contributed by atoms with Crippen LogP contribution < -0.4 is 9.47 Å². The topological polar surface area (TPSA) is 44.8 Å². The minimum Gasteiger partial charge on any atom is -0.494 e. The van der Waals surface area contributed by atoms with E-state index in [0.29, 0.717) is 11.3 Å². The molecular formula is C45H66O4. The third kappa shape index (κ3) is 17.4. The second-order valence-corrected chi connectivity index (χ2v) is 13.8. The zero-order chi connectivity index (χ0) is 34.8. The Morgan fingerprint density at radius 2 is 0.898 bits per heavy atom. The SMILES string of the molecule is CCCCCCCCCCCCCCCCCCOC(C)c1ccc(OC(=O)c2ccc(-c3ccc(OCCCCCC)cc3)cc2)cc1. The Balaban J connectivity index is 1.24. The summed E-state index contributed by atoms with van der Waals surface area (Å²) < 4.78 is 17.6. The van der Waals surface area contributed by atoms with Crippen molar-refractivity contribution in [2.75, 3.05) is 13.2 Å². The molecule has 49 heavy (non-hydrogen) atoms. The normalized spacial score (nSPS) is 11.8. The summed E-state index contributed by atoms with van der Waals surface area (Å²) in [5, 5.41) is 0. The maximum atomic E-state index is 12.8. The Bertz CT molecular complexity index is 1230. The number of hydrogen-bond donors (Lipinski definition) is 0. The van der Waals surface area contributed by atoms with E-state index in [0.717, 1.165) is 48.5 Å². The Morgan fingerprint density at radius 3 is 1.41 bits per heavy atom. The molecule has 0 aliphatic carbocycles. The lowest BCUT2D eigenvalue weighted by Crippen LogP contribution is -2.08.